The van der Waals surface area contributed by atoms with E-state index in [1.54, 1.807) is 0 Å². The summed E-state index contributed by atoms with van der Waals surface area (Å²) in [5, 5.41) is 0. The molecule has 1 saturated carbocycles. The van der Waals surface area contributed by atoms with Crippen molar-refractivity contribution in [2.24, 2.45) is 0 Å². The van der Waals surface area contributed by atoms with Crippen LogP contribution in [0.5, 0.6) is 0 Å². The highest BCUT2D eigenvalue weighted by Gasteiger charge is 2.28. The van der Waals surface area contributed by atoms with Gasteiger partial charge in [-0.2, -0.15) is 4.98 Å². The third-order valence-corrected chi connectivity index (χ3v) is 5.24. The second-order valence-corrected chi connectivity index (χ2v) is 7.14. The first kappa shape index (κ1) is 15.6. The Labute approximate surface area is 152 Å². The monoisotopic (exact) mass is 349 g/mol. The van der Waals surface area contributed by atoms with Crippen molar-refractivity contribution in [2.45, 2.75) is 32.1 Å². The van der Waals surface area contributed by atoms with Gasteiger partial charge in [0.25, 0.3) is 6.01 Å². The van der Waals surface area contributed by atoms with Crippen LogP contribution in [0.3, 0.4) is 0 Å². The van der Waals surface area contributed by atoms with Crippen molar-refractivity contribution in [2.75, 3.05) is 36.0 Å². The number of benzene rings is 1. The third kappa shape index (κ3) is 2.89. The molecule has 6 heteroatoms. The fourth-order valence-electron chi connectivity index (χ4n) is 3.49. The third-order valence-electron chi connectivity index (χ3n) is 5.24. The van der Waals surface area contributed by atoms with Gasteiger partial charge in [-0.3, -0.25) is 0 Å². The molecular weight excluding hydrogens is 326 g/mol. The van der Waals surface area contributed by atoms with Crippen molar-refractivity contribution in [3.8, 4) is 0 Å². The molecule has 0 N–H and O–H groups in total. The minimum atomic E-state index is 0.585. The standard InChI is InChI=1S/C20H23N5O/c1-2-15-13-18(23-19(21-15)14-7-8-14)24-9-11-25(12-10-24)20-22-16-5-3-4-6-17(16)26-20/h3-6,13-14H,2,7-12H2,1H3. The van der Waals surface area contributed by atoms with Crippen LogP contribution in [0.25, 0.3) is 11.1 Å². The Morgan fingerprint density at radius 1 is 1.00 bits per heavy atom. The number of fused-ring (bicyclic) bond motifs is 1. The Kier molecular flexibility index (Phi) is 3.76. The van der Waals surface area contributed by atoms with Crippen LogP contribution in [-0.4, -0.2) is 41.1 Å². The maximum atomic E-state index is 5.91. The summed E-state index contributed by atoms with van der Waals surface area (Å²) in [6.45, 7) is 5.77. The zero-order valence-corrected chi connectivity index (χ0v) is 15.1. The molecule has 0 amide bonds. The van der Waals surface area contributed by atoms with E-state index in [0.29, 0.717) is 5.92 Å². The first-order valence-corrected chi connectivity index (χ1v) is 9.53. The fourth-order valence-corrected chi connectivity index (χ4v) is 3.49. The highest BCUT2D eigenvalue weighted by Crippen LogP contribution is 2.38. The summed E-state index contributed by atoms with van der Waals surface area (Å²) in [7, 11) is 0. The summed E-state index contributed by atoms with van der Waals surface area (Å²) >= 11 is 0. The average molecular weight is 349 g/mol. The van der Waals surface area contributed by atoms with Gasteiger partial charge in [0.15, 0.2) is 5.58 Å². The summed E-state index contributed by atoms with van der Waals surface area (Å²) in [6, 6.07) is 10.8. The molecule has 0 unspecified atom stereocenters. The molecular formula is C20H23N5O. The lowest BCUT2D eigenvalue weighted by Crippen LogP contribution is -2.47. The normalized spacial score (nSPS) is 17.9. The van der Waals surface area contributed by atoms with E-state index in [1.165, 1.54) is 12.8 Å². The molecule has 0 atom stereocenters. The summed E-state index contributed by atoms with van der Waals surface area (Å²) in [5.41, 5.74) is 2.92. The Hall–Kier alpha value is -2.63. The highest BCUT2D eigenvalue weighted by atomic mass is 16.4. The van der Waals surface area contributed by atoms with E-state index >= 15 is 0 Å². The van der Waals surface area contributed by atoms with Crippen molar-refractivity contribution < 1.29 is 4.42 Å². The molecule has 134 valence electrons. The van der Waals surface area contributed by atoms with E-state index < -0.39 is 0 Å². The van der Waals surface area contributed by atoms with Crippen LogP contribution < -0.4 is 9.80 Å². The average Bonchev–Trinajstić information content (AvgIpc) is 3.46. The first-order valence-electron chi connectivity index (χ1n) is 9.53. The number of piperazine rings is 1. The molecule has 26 heavy (non-hydrogen) atoms. The highest BCUT2D eigenvalue weighted by molar-refractivity contribution is 5.74. The van der Waals surface area contributed by atoms with Gasteiger partial charge >= 0.3 is 0 Å². The number of aromatic nitrogens is 3. The van der Waals surface area contributed by atoms with Crippen LogP contribution in [0, 0.1) is 0 Å². The molecule has 1 saturated heterocycles. The molecule has 3 heterocycles. The Morgan fingerprint density at radius 3 is 2.50 bits per heavy atom. The van der Waals surface area contributed by atoms with Gasteiger partial charge in [-0.15, -0.1) is 0 Å². The zero-order valence-electron chi connectivity index (χ0n) is 15.1. The summed E-state index contributed by atoms with van der Waals surface area (Å²) < 4.78 is 5.91. The predicted octanol–water partition coefficient (Wildman–Crippen LogP) is 3.38. The number of hydrogen-bond acceptors (Lipinski definition) is 6. The molecule has 6 nitrogen and oxygen atoms in total. The maximum Gasteiger partial charge on any atom is 0.298 e. The number of oxazole rings is 1. The maximum absolute atomic E-state index is 5.91. The van der Waals surface area contributed by atoms with E-state index in [2.05, 4.69) is 27.8 Å². The molecule has 5 rings (SSSR count). The number of nitrogens with zero attached hydrogens (tertiary/aromatic N) is 5. The molecule has 1 aliphatic heterocycles. The van der Waals surface area contributed by atoms with Crippen LogP contribution >= 0.6 is 0 Å². The minimum Gasteiger partial charge on any atom is -0.423 e. The molecule has 2 fully saturated rings. The first-order chi connectivity index (χ1) is 12.8. The van der Waals surface area contributed by atoms with E-state index in [-0.39, 0.29) is 0 Å². The van der Waals surface area contributed by atoms with Gasteiger partial charge in [0.05, 0.1) is 0 Å². The molecule has 1 aromatic carbocycles. The Bertz CT molecular complexity index is 892. The molecule has 0 spiro atoms. The number of rotatable bonds is 4. The van der Waals surface area contributed by atoms with Crippen molar-refractivity contribution in [1.82, 2.24) is 15.0 Å². The van der Waals surface area contributed by atoms with E-state index in [4.69, 9.17) is 14.4 Å². The van der Waals surface area contributed by atoms with Crippen LogP contribution in [0.2, 0.25) is 0 Å². The second-order valence-electron chi connectivity index (χ2n) is 7.14. The van der Waals surface area contributed by atoms with Gasteiger partial charge in [-0.25, -0.2) is 9.97 Å². The summed E-state index contributed by atoms with van der Waals surface area (Å²) in [6.07, 6.45) is 3.42. The van der Waals surface area contributed by atoms with E-state index in [9.17, 15) is 0 Å². The van der Waals surface area contributed by atoms with Crippen LogP contribution in [0.15, 0.2) is 34.7 Å². The Morgan fingerprint density at radius 2 is 1.77 bits per heavy atom. The van der Waals surface area contributed by atoms with Gasteiger partial charge in [-0.05, 0) is 31.4 Å². The fraction of sp³-hybridized carbons (Fsp3) is 0.450. The number of aryl methyl sites for hydroxylation is 1. The van der Waals surface area contributed by atoms with Gasteiger partial charge in [0.2, 0.25) is 0 Å². The van der Waals surface area contributed by atoms with Crippen LogP contribution in [0.4, 0.5) is 11.8 Å². The second kappa shape index (κ2) is 6.27. The van der Waals surface area contributed by atoms with Gasteiger partial charge in [0.1, 0.15) is 17.2 Å². The number of hydrogen-bond donors (Lipinski definition) is 0. The van der Waals surface area contributed by atoms with Crippen LogP contribution in [0.1, 0.15) is 37.2 Å². The molecule has 1 aliphatic carbocycles. The number of anilines is 2. The topological polar surface area (TPSA) is 58.3 Å². The minimum absolute atomic E-state index is 0.585. The van der Waals surface area contributed by atoms with E-state index in [1.807, 2.05) is 24.3 Å². The molecule has 0 radical (unpaired) electrons. The SMILES string of the molecule is CCc1cc(N2CCN(c3nc4ccccc4o3)CC2)nc(C2CC2)n1. The quantitative estimate of drug-likeness (QED) is 0.720. The molecule has 2 aliphatic rings. The van der Waals surface area contributed by atoms with Crippen LogP contribution in [-0.2, 0) is 6.42 Å². The molecule has 2 aromatic heterocycles. The zero-order chi connectivity index (χ0) is 17.5. The molecule has 0 bridgehead atoms. The Balaban J connectivity index is 1.33. The van der Waals surface area contributed by atoms with Crippen molar-refractivity contribution in [3.63, 3.8) is 0 Å². The van der Waals surface area contributed by atoms with Gasteiger partial charge < -0.3 is 14.2 Å². The van der Waals surface area contributed by atoms with Crippen molar-refractivity contribution >= 4 is 22.9 Å². The van der Waals surface area contributed by atoms with Gasteiger partial charge in [-0.1, -0.05) is 19.1 Å². The number of para-hydroxylation sites is 2. The summed E-state index contributed by atoms with van der Waals surface area (Å²) in [4.78, 5) is 18.8. The predicted molar refractivity (Wildman–Crippen MR) is 102 cm³/mol. The lowest BCUT2D eigenvalue weighted by atomic mass is 10.2. The van der Waals surface area contributed by atoms with E-state index in [0.717, 1.165) is 67.1 Å². The lowest BCUT2D eigenvalue weighted by Gasteiger charge is -2.34. The van der Waals surface area contributed by atoms with Crippen molar-refractivity contribution in [1.29, 1.82) is 0 Å². The smallest absolute Gasteiger partial charge is 0.298 e. The summed E-state index contributed by atoms with van der Waals surface area (Å²) in [5.74, 6) is 2.71. The molecule has 3 aromatic rings. The van der Waals surface area contributed by atoms with Gasteiger partial charge in [0, 0.05) is 43.9 Å². The van der Waals surface area contributed by atoms with Crippen molar-refractivity contribution in [3.05, 3.63) is 41.9 Å². The lowest BCUT2D eigenvalue weighted by molar-refractivity contribution is 0.540. The largest absolute Gasteiger partial charge is 0.423 e.